The van der Waals surface area contributed by atoms with Gasteiger partial charge in [-0.3, -0.25) is 4.79 Å². The molecule has 2 atom stereocenters. The Balaban J connectivity index is 1.92. The maximum Gasteiger partial charge on any atom is 0.334 e. The highest BCUT2D eigenvalue weighted by atomic mass is 16.5. The Kier molecular flexibility index (Phi) is 6.78. The summed E-state index contributed by atoms with van der Waals surface area (Å²) < 4.78 is 10.1. The first-order chi connectivity index (χ1) is 12.3. The zero-order valence-corrected chi connectivity index (χ0v) is 16.0. The minimum atomic E-state index is -0.851. The molecule has 0 spiro atoms. The van der Waals surface area contributed by atoms with Crippen LogP contribution in [0.2, 0.25) is 0 Å². The van der Waals surface area contributed by atoms with Gasteiger partial charge in [-0.05, 0) is 44.1 Å². The van der Waals surface area contributed by atoms with Crippen molar-refractivity contribution < 1.29 is 19.1 Å². The molecule has 1 aromatic carbocycles. The van der Waals surface area contributed by atoms with Gasteiger partial charge >= 0.3 is 11.9 Å². The molecule has 0 heterocycles. The Bertz CT molecular complexity index is 685. The van der Waals surface area contributed by atoms with E-state index in [1.807, 2.05) is 18.2 Å². The van der Waals surface area contributed by atoms with Gasteiger partial charge in [0.2, 0.25) is 0 Å². The third-order valence-electron chi connectivity index (χ3n) is 4.93. The molecule has 0 fully saturated rings. The second-order valence-corrected chi connectivity index (χ2v) is 7.43. The van der Waals surface area contributed by atoms with Crippen LogP contribution in [0.25, 0.3) is 0 Å². The molecule has 0 saturated carbocycles. The number of rotatable bonds is 6. The minimum absolute atomic E-state index is 0.00338. The van der Waals surface area contributed by atoms with Crippen molar-refractivity contribution >= 4 is 11.9 Å². The van der Waals surface area contributed by atoms with E-state index in [1.54, 1.807) is 13.8 Å². The SMILES string of the molecule is COC(=O)C(C)(C)COC(=O)C1=CC=CC(C(C)c2ccccc2)CC1. The lowest BCUT2D eigenvalue weighted by atomic mass is 9.84. The van der Waals surface area contributed by atoms with E-state index in [1.165, 1.54) is 12.7 Å². The van der Waals surface area contributed by atoms with Crippen molar-refractivity contribution in [1.29, 1.82) is 0 Å². The van der Waals surface area contributed by atoms with Crippen LogP contribution in [0.4, 0.5) is 0 Å². The van der Waals surface area contributed by atoms with E-state index in [0.29, 0.717) is 23.8 Å². The monoisotopic (exact) mass is 356 g/mol. The zero-order valence-electron chi connectivity index (χ0n) is 16.0. The highest BCUT2D eigenvalue weighted by molar-refractivity contribution is 5.89. The van der Waals surface area contributed by atoms with E-state index in [2.05, 4.69) is 37.3 Å². The predicted octanol–water partition coefficient (Wildman–Crippen LogP) is 4.43. The van der Waals surface area contributed by atoms with E-state index in [0.717, 1.165) is 6.42 Å². The first kappa shape index (κ1) is 20.0. The first-order valence-corrected chi connectivity index (χ1v) is 9.03. The minimum Gasteiger partial charge on any atom is -0.469 e. The Morgan fingerprint density at radius 3 is 2.58 bits per heavy atom. The van der Waals surface area contributed by atoms with Crippen LogP contribution in [-0.4, -0.2) is 25.7 Å². The average molecular weight is 356 g/mol. The molecule has 0 bridgehead atoms. The maximum atomic E-state index is 12.4. The average Bonchev–Trinajstić information content (AvgIpc) is 2.91. The molecule has 2 rings (SSSR count). The molecule has 1 aliphatic carbocycles. The highest BCUT2D eigenvalue weighted by Crippen LogP contribution is 2.32. The van der Waals surface area contributed by atoms with Gasteiger partial charge in [0.05, 0.1) is 12.5 Å². The van der Waals surface area contributed by atoms with E-state index in [4.69, 9.17) is 9.47 Å². The highest BCUT2D eigenvalue weighted by Gasteiger charge is 2.31. The third-order valence-corrected chi connectivity index (χ3v) is 4.93. The van der Waals surface area contributed by atoms with Gasteiger partial charge in [-0.1, -0.05) is 55.5 Å². The zero-order chi connectivity index (χ0) is 19.2. The van der Waals surface area contributed by atoms with E-state index < -0.39 is 11.4 Å². The Hall–Kier alpha value is -2.36. The fraction of sp³-hybridized carbons (Fsp3) is 0.455. The van der Waals surface area contributed by atoms with Gasteiger partial charge in [-0.2, -0.15) is 0 Å². The van der Waals surface area contributed by atoms with Crippen molar-refractivity contribution in [2.24, 2.45) is 11.3 Å². The van der Waals surface area contributed by atoms with Crippen molar-refractivity contribution in [1.82, 2.24) is 0 Å². The number of hydrogen-bond acceptors (Lipinski definition) is 4. The lowest BCUT2D eigenvalue weighted by Crippen LogP contribution is -2.32. The third kappa shape index (κ3) is 5.07. The van der Waals surface area contributed by atoms with Crippen LogP contribution < -0.4 is 0 Å². The summed E-state index contributed by atoms with van der Waals surface area (Å²) in [4.78, 5) is 24.1. The number of carbonyl (C=O) groups excluding carboxylic acids is 2. The number of allylic oxidation sites excluding steroid dienone is 3. The fourth-order valence-electron chi connectivity index (χ4n) is 3.08. The van der Waals surface area contributed by atoms with Crippen molar-refractivity contribution in [3.05, 3.63) is 59.7 Å². The molecular weight excluding hydrogens is 328 g/mol. The fourth-order valence-corrected chi connectivity index (χ4v) is 3.08. The smallest absolute Gasteiger partial charge is 0.334 e. The van der Waals surface area contributed by atoms with E-state index in [9.17, 15) is 9.59 Å². The summed E-state index contributed by atoms with van der Waals surface area (Å²) in [6.45, 7) is 5.62. The summed E-state index contributed by atoms with van der Waals surface area (Å²) in [7, 11) is 1.33. The number of benzene rings is 1. The maximum absolute atomic E-state index is 12.4. The lowest BCUT2D eigenvalue weighted by Gasteiger charge is -2.22. The largest absolute Gasteiger partial charge is 0.469 e. The first-order valence-electron chi connectivity index (χ1n) is 9.03. The summed E-state index contributed by atoms with van der Waals surface area (Å²) in [5.74, 6) is -0.00336. The van der Waals surface area contributed by atoms with Crippen molar-refractivity contribution in [2.45, 2.75) is 39.5 Å². The molecule has 4 nitrogen and oxygen atoms in total. The Morgan fingerprint density at radius 1 is 1.23 bits per heavy atom. The summed E-state index contributed by atoms with van der Waals surface area (Å²) in [5, 5.41) is 0. The molecule has 0 amide bonds. The second-order valence-electron chi connectivity index (χ2n) is 7.43. The molecule has 0 radical (unpaired) electrons. The molecular formula is C22H28O4. The van der Waals surface area contributed by atoms with Gasteiger partial charge in [0.15, 0.2) is 0 Å². The number of esters is 2. The van der Waals surface area contributed by atoms with Crippen LogP contribution in [0.3, 0.4) is 0 Å². The van der Waals surface area contributed by atoms with E-state index in [-0.39, 0.29) is 12.6 Å². The predicted molar refractivity (Wildman–Crippen MR) is 102 cm³/mol. The molecule has 2 unspecified atom stereocenters. The molecule has 1 aliphatic rings. The standard InChI is InChI=1S/C22H28O4/c1-16(17-9-6-5-7-10-17)18-11-8-12-19(14-13-18)20(23)26-15-22(2,3)21(24)25-4/h5-12,16,18H,13-15H2,1-4H3. The molecule has 0 saturated heterocycles. The summed E-state index contributed by atoms with van der Waals surface area (Å²) in [6, 6.07) is 10.4. The number of methoxy groups -OCH3 is 1. The van der Waals surface area contributed by atoms with Gasteiger partial charge in [0, 0.05) is 5.57 Å². The molecule has 0 aromatic heterocycles. The number of hydrogen-bond donors (Lipinski definition) is 0. The normalized spacial score (nSPS) is 18.5. The van der Waals surface area contributed by atoms with Crippen LogP contribution in [-0.2, 0) is 19.1 Å². The molecule has 4 heteroatoms. The van der Waals surface area contributed by atoms with Gasteiger partial charge < -0.3 is 9.47 Å². The molecule has 140 valence electrons. The quantitative estimate of drug-likeness (QED) is 0.708. The molecule has 1 aromatic rings. The number of carbonyl (C=O) groups is 2. The van der Waals surface area contributed by atoms with Crippen molar-refractivity contribution in [3.8, 4) is 0 Å². The Morgan fingerprint density at radius 2 is 1.92 bits per heavy atom. The van der Waals surface area contributed by atoms with Crippen LogP contribution in [0, 0.1) is 11.3 Å². The van der Waals surface area contributed by atoms with Gasteiger partial charge in [0.1, 0.15) is 6.61 Å². The van der Waals surface area contributed by atoms with Crippen LogP contribution in [0.15, 0.2) is 54.1 Å². The Labute approximate surface area is 155 Å². The van der Waals surface area contributed by atoms with Gasteiger partial charge in [-0.25, -0.2) is 4.79 Å². The van der Waals surface area contributed by atoms with Crippen molar-refractivity contribution in [3.63, 3.8) is 0 Å². The molecule has 26 heavy (non-hydrogen) atoms. The second kappa shape index (κ2) is 8.84. The molecule has 0 N–H and O–H groups in total. The summed E-state index contributed by atoms with van der Waals surface area (Å²) in [5.41, 5.74) is 1.09. The summed E-state index contributed by atoms with van der Waals surface area (Å²) in [6.07, 6.45) is 7.47. The van der Waals surface area contributed by atoms with Crippen LogP contribution >= 0.6 is 0 Å². The van der Waals surface area contributed by atoms with E-state index >= 15 is 0 Å². The topological polar surface area (TPSA) is 52.6 Å². The van der Waals surface area contributed by atoms with Crippen LogP contribution in [0.5, 0.6) is 0 Å². The van der Waals surface area contributed by atoms with Crippen molar-refractivity contribution in [2.75, 3.05) is 13.7 Å². The van der Waals surface area contributed by atoms with Gasteiger partial charge in [-0.15, -0.1) is 0 Å². The van der Waals surface area contributed by atoms with Gasteiger partial charge in [0.25, 0.3) is 0 Å². The molecule has 0 aliphatic heterocycles. The lowest BCUT2D eigenvalue weighted by molar-refractivity contribution is -0.157. The van der Waals surface area contributed by atoms with Crippen LogP contribution in [0.1, 0.15) is 45.1 Å². The summed E-state index contributed by atoms with van der Waals surface area (Å²) >= 11 is 0. The number of ether oxygens (including phenoxy) is 2.